The number of piperazine rings is 1. The van der Waals surface area contributed by atoms with Gasteiger partial charge in [0.05, 0.1) is 17.3 Å². The van der Waals surface area contributed by atoms with Gasteiger partial charge in [-0.2, -0.15) is 5.10 Å². The fourth-order valence-electron chi connectivity index (χ4n) is 3.61. The molecule has 1 aliphatic heterocycles. The third-order valence-corrected chi connectivity index (χ3v) is 5.45. The first kappa shape index (κ1) is 16.5. The van der Waals surface area contributed by atoms with Crippen LogP contribution in [0.2, 0.25) is 5.02 Å². The van der Waals surface area contributed by atoms with Gasteiger partial charge in [0.15, 0.2) is 5.65 Å². The minimum atomic E-state index is 0.276. The predicted molar refractivity (Wildman–Crippen MR) is 103 cm³/mol. The first-order valence-electron chi connectivity index (χ1n) is 9.19. The first-order valence-corrected chi connectivity index (χ1v) is 9.57. The lowest BCUT2D eigenvalue weighted by Crippen LogP contribution is -2.49. The van der Waals surface area contributed by atoms with Crippen molar-refractivity contribution in [2.75, 3.05) is 31.1 Å². The van der Waals surface area contributed by atoms with Crippen molar-refractivity contribution in [3.63, 3.8) is 0 Å². The Labute approximate surface area is 161 Å². The van der Waals surface area contributed by atoms with Gasteiger partial charge in [-0.25, -0.2) is 14.6 Å². The minimum Gasteiger partial charge on any atom is -0.352 e. The highest BCUT2D eigenvalue weighted by Gasteiger charge is 2.35. The van der Waals surface area contributed by atoms with Crippen LogP contribution in [0.15, 0.2) is 36.8 Å². The molecular weight excluding hydrogens is 364 g/mol. The van der Waals surface area contributed by atoms with Gasteiger partial charge in [-0.3, -0.25) is 4.79 Å². The van der Waals surface area contributed by atoms with Crippen LogP contribution in [0.25, 0.3) is 16.7 Å². The number of fused-ring (bicyclic) bond motifs is 1. The molecule has 2 aromatic heterocycles. The van der Waals surface area contributed by atoms with Gasteiger partial charge in [-0.1, -0.05) is 17.7 Å². The Morgan fingerprint density at radius 3 is 2.67 bits per heavy atom. The van der Waals surface area contributed by atoms with Crippen LogP contribution in [0.1, 0.15) is 12.8 Å². The topological polar surface area (TPSA) is 67.2 Å². The summed E-state index contributed by atoms with van der Waals surface area (Å²) in [5.41, 5.74) is 1.61. The maximum atomic E-state index is 12.3. The standard InChI is InChI=1S/C19H19ClN6O/c20-14-2-1-3-15(10-14)26-18-16(11-23-26)17(21-12-22-18)24-6-8-25(9-7-24)19(27)13-4-5-13/h1-3,10-13H,4-9H2. The highest BCUT2D eigenvalue weighted by atomic mass is 35.5. The second-order valence-electron chi connectivity index (χ2n) is 7.06. The Morgan fingerprint density at radius 1 is 1.11 bits per heavy atom. The molecule has 1 aliphatic carbocycles. The van der Waals surface area contributed by atoms with Crippen molar-refractivity contribution in [2.45, 2.75) is 12.8 Å². The maximum Gasteiger partial charge on any atom is 0.225 e. The molecule has 0 unspecified atom stereocenters. The van der Waals surface area contributed by atoms with E-state index in [1.165, 1.54) is 0 Å². The zero-order valence-corrected chi connectivity index (χ0v) is 15.5. The maximum absolute atomic E-state index is 12.3. The molecule has 0 bridgehead atoms. The number of aromatic nitrogens is 4. The summed E-state index contributed by atoms with van der Waals surface area (Å²) in [7, 11) is 0. The third-order valence-electron chi connectivity index (χ3n) is 5.22. The summed E-state index contributed by atoms with van der Waals surface area (Å²) in [6.07, 6.45) is 5.47. The molecule has 0 atom stereocenters. The second-order valence-corrected chi connectivity index (χ2v) is 7.49. The van der Waals surface area contributed by atoms with Gasteiger partial charge in [-0.05, 0) is 31.0 Å². The van der Waals surface area contributed by atoms with E-state index in [4.69, 9.17) is 11.6 Å². The van der Waals surface area contributed by atoms with Crippen LogP contribution in [-0.2, 0) is 4.79 Å². The van der Waals surface area contributed by atoms with E-state index >= 15 is 0 Å². The summed E-state index contributed by atoms with van der Waals surface area (Å²) < 4.78 is 1.78. The minimum absolute atomic E-state index is 0.276. The number of anilines is 1. The van der Waals surface area contributed by atoms with E-state index in [2.05, 4.69) is 20.0 Å². The van der Waals surface area contributed by atoms with Gasteiger partial charge in [0.1, 0.15) is 12.1 Å². The summed E-state index contributed by atoms with van der Waals surface area (Å²) in [6, 6.07) is 7.53. The first-order chi connectivity index (χ1) is 13.2. The third kappa shape index (κ3) is 3.02. The summed E-state index contributed by atoms with van der Waals surface area (Å²) >= 11 is 6.12. The quantitative estimate of drug-likeness (QED) is 0.696. The van der Waals surface area contributed by atoms with Crippen molar-refractivity contribution in [2.24, 2.45) is 5.92 Å². The number of amides is 1. The smallest absolute Gasteiger partial charge is 0.225 e. The molecule has 1 saturated carbocycles. The summed E-state index contributed by atoms with van der Waals surface area (Å²) in [6.45, 7) is 3.02. The number of carbonyl (C=O) groups excluding carboxylic acids is 1. The number of benzene rings is 1. The number of hydrogen-bond acceptors (Lipinski definition) is 5. The van der Waals surface area contributed by atoms with E-state index in [0.29, 0.717) is 10.9 Å². The predicted octanol–water partition coefficient (Wildman–Crippen LogP) is 2.53. The molecule has 7 nitrogen and oxygen atoms in total. The molecule has 5 rings (SSSR count). The molecule has 0 N–H and O–H groups in total. The van der Waals surface area contributed by atoms with E-state index in [1.54, 1.807) is 17.2 Å². The summed E-state index contributed by atoms with van der Waals surface area (Å²) in [4.78, 5) is 25.4. The Hall–Kier alpha value is -2.67. The molecule has 0 spiro atoms. The van der Waals surface area contributed by atoms with Crippen LogP contribution in [-0.4, -0.2) is 56.7 Å². The number of rotatable bonds is 3. The molecule has 1 amide bonds. The van der Waals surface area contributed by atoms with Crippen molar-refractivity contribution < 1.29 is 4.79 Å². The number of halogens is 1. The Bertz CT molecular complexity index is 1010. The van der Waals surface area contributed by atoms with Crippen molar-refractivity contribution in [1.82, 2.24) is 24.6 Å². The molecule has 3 aromatic rings. The summed E-state index contributed by atoms with van der Waals surface area (Å²) in [5.74, 6) is 1.46. The van der Waals surface area contributed by atoms with Gasteiger partial charge in [0, 0.05) is 37.1 Å². The molecule has 27 heavy (non-hydrogen) atoms. The van der Waals surface area contributed by atoms with E-state index in [9.17, 15) is 4.79 Å². The fraction of sp³-hybridized carbons (Fsp3) is 0.368. The molecule has 2 fully saturated rings. The molecule has 0 radical (unpaired) electrons. The summed E-state index contributed by atoms with van der Waals surface area (Å²) in [5, 5.41) is 6.06. The second kappa shape index (κ2) is 6.49. The lowest BCUT2D eigenvalue weighted by atomic mass is 10.2. The Kier molecular flexibility index (Phi) is 3.97. The lowest BCUT2D eigenvalue weighted by Gasteiger charge is -2.35. The molecule has 8 heteroatoms. The number of carbonyl (C=O) groups is 1. The average Bonchev–Trinajstić information content (AvgIpc) is 3.46. The normalized spacial score (nSPS) is 17.5. The Morgan fingerprint density at radius 2 is 1.93 bits per heavy atom. The molecular formula is C19H19ClN6O. The molecule has 1 saturated heterocycles. The van der Waals surface area contributed by atoms with Crippen LogP contribution >= 0.6 is 11.6 Å². The van der Waals surface area contributed by atoms with Crippen LogP contribution in [0, 0.1) is 5.92 Å². The van der Waals surface area contributed by atoms with Gasteiger partial charge in [0.2, 0.25) is 5.91 Å². The number of nitrogens with zero attached hydrogens (tertiary/aromatic N) is 6. The highest BCUT2D eigenvalue weighted by Crippen LogP contribution is 2.32. The van der Waals surface area contributed by atoms with Gasteiger partial charge < -0.3 is 9.80 Å². The Balaban J connectivity index is 1.42. The molecule has 138 valence electrons. The molecule has 3 heterocycles. The zero-order chi connectivity index (χ0) is 18.4. The largest absolute Gasteiger partial charge is 0.352 e. The van der Waals surface area contributed by atoms with Gasteiger partial charge in [0.25, 0.3) is 0 Å². The van der Waals surface area contributed by atoms with Crippen molar-refractivity contribution in [1.29, 1.82) is 0 Å². The SMILES string of the molecule is O=C(C1CC1)N1CCN(c2ncnc3c2cnn3-c2cccc(Cl)c2)CC1. The average molecular weight is 383 g/mol. The van der Waals surface area contributed by atoms with Crippen molar-refractivity contribution >= 4 is 34.4 Å². The van der Waals surface area contributed by atoms with Gasteiger partial charge in [-0.15, -0.1) is 0 Å². The van der Waals surface area contributed by atoms with Crippen LogP contribution in [0.4, 0.5) is 5.82 Å². The van der Waals surface area contributed by atoms with Crippen LogP contribution < -0.4 is 4.90 Å². The van der Waals surface area contributed by atoms with E-state index in [0.717, 1.165) is 61.6 Å². The van der Waals surface area contributed by atoms with Crippen molar-refractivity contribution in [3.8, 4) is 5.69 Å². The monoisotopic (exact) mass is 382 g/mol. The highest BCUT2D eigenvalue weighted by molar-refractivity contribution is 6.30. The van der Waals surface area contributed by atoms with E-state index in [-0.39, 0.29) is 5.92 Å². The van der Waals surface area contributed by atoms with Gasteiger partial charge >= 0.3 is 0 Å². The fourth-order valence-corrected chi connectivity index (χ4v) is 3.79. The lowest BCUT2D eigenvalue weighted by molar-refractivity contribution is -0.132. The van der Waals surface area contributed by atoms with E-state index in [1.807, 2.05) is 29.2 Å². The van der Waals surface area contributed by atoms with Crippen LogP contribution in [0.5, 0.6) is 0 Å². The van der Waals surface area contributed by atoms with Crippen LogP contribution in [0.3, 0.4) is 0 Å². The molecule has 2 aliphatic rings. The molecule has 1 aromatic carbocycles. The van der Waals surface area contributed by atoms with E-state index < -0.39 is 0 Å². The number of hydrogen-bond donors (Lipinski definition) is 0. The van der Waals surface area contributed by atoms with Crippen molar-refractivity contribution in [3.05, 3.63) is 41.8 Å². The zero-order valence-electron chi connectivity index (χ0n) is 14.8.